The van der Waals surface area contributed by atoms with Crippen molar-refractivity contribution >= 4 is 33.2 Å². The summed E-state index contributed by atoms with van der Waals surface area (Å²) < 4.78 is 6.12. The SMILES string of the molecule is COc1ccccc1CCNC(=O)c1sccc1Br. The predicted molar refractivity (Wildman–Crippen MR) is 81.1 cm³/mol. The van der Waals surface area contributed by atoms with Crippen molar-refractivity contribution < 1.29 is 9.53 Å². The van der Waals surface area contributed by atoms with Gasteiger partial charge in [0.05, 0.1) is 7.11 Å². The Morgan fingerprint density at radius 3 is 2.84 bits per heavy atom. The van der Waals surface area contributed by atoms with E-state index >= 15 is 0 Å². The van der Waals surface area contributed by atoms with Gasteiger partial charge in [-0.15, -0.1) is 11.3 Å². The second-order valence-corrected chi connectivity index (χ2v) is 5.69. The van der Waals surface area contributed by atoms with Crippen molar-refractivity contribution in [2.45, 2.75) is 6.42 Å². The molecule has 0 saturated carbocycles. The highest BCUT2D eigenvalue weighted by Gasteiger charge is 2.11. The first-order valence-corrected chi connectivity index (χ1v) is 7.52. The fraction of sp³-hybridized carbons (Fsp3) is 0.214. The molecule has 0 aliphatic rings. The molecule has 0 unspecified atom stereocenters. The Morgan fingerprint density at radius 1 is 1.37 bits per heavy atom. The maximum atomic E-state index is 11.9. The Balaban J connectivity index is 1.90. The monoisotopic (exact) mass is 339 g/mol. The van der Waals surface area contributed by atoms with E-state index in [-0.39, 0.29) is 5.91 Å². The quantitative estimate of drug-likeness (QED) is 0.905. The minimum absolute atomic E-state index is 0.0447. The molecule has 100 valence electrons. The molecule has 1 amide bonds. The number of carbonyl (C=O) groups excluding carboxylic acids is 1. The van der Waals surface area contributed by atoms with E-state index in [1.165, 1.54) is 11.3 Å². The summed E-state index contributed by atoms with van der Waals surface area (Å²) >= 11 is 4.78. The van der Waals surface area contributed by atoms with E-state index in [1.807, 2.05) is 35.7 Å². The maximum absolute atomic E-state index is 11.9. The Kier molecular flexibility index (Phi) is 4.99. The number of nitrogens with one attached hydrogen (secondary N) is 1. The van der Waals surface area contributed by atoms with Crippen LogP contribution in [0.25, 0.3) is 0 Å². The zero-order valence-electron chi connectivity index (χ0n) is 10.5. The van der Waals surface area contributed by atoms with Gasteiger partial charge in [0, 0.05) is 11.0 Å². The smallest absolute Gasteiger partial charge is 0.262 e. The third-order valence-corrected chi connectivity index (χ3v) is 4.53. The first kappa shape index (κ1) is 14.1. The van der Waals surface area contributed by atoms with Gasteiger partial charge in [-0.05, 0) is 45.4 Å². The average molecular weight is 340 g/mol. The summed E-state index contributed by atoms with van der Waals surface area (Å²) in [5.41, 5.74) is 1.09. The van der Waals surface area contributed by atoms with Crippen molar-refractivity contribution in [2.75, 3.05) is 13.7 Å². The van der Waals surface area contributed by atoms with Gasteiger partial charge in [0.15, 0.2) is 0 Å². The number of thiophene rings is 1. The zero-order chi connectivity index (χ0) is 13.7. The third-order valence-electron chi connectivity index (χ3n) is 2.70. The number of halogens is 1. The highest BCUT2D eigenvalue weighted by Crippen LogP contribution is 2.22. The number of hydrogen-bond acceptors (Lipinski definition) is 3. The number of ether oxygens (including phenoxy) is 1. The lowest BCUT2D eigenvalue weighted by molar-refractivity contribution is 0.0957. The zero-order valence-corrected chi connectivity index (χ0v) is 12.9. The summed E-state index contributed by atoms with van der Waals surface area (Å²) in [6.45, 7) is 0.587. The molecule has 5 heteroatoms. The van der Waals surface area contributed by atoms with Gasteiger partial charge in [-0.2, -0.15) is 0 Å². The Bertz CT molecular complexity index is 568. The van der Waals surface area contributed by atoms with Crippen LogP contribution < -0.4 is 10.1 Å². The highest BCUT2D eigenvalue weighted by atomic mass is 79.9. The fourth-order valence-electron chi connectivity index (χ4n) is 1.76. The van der Waals surface area contributed by atoms with E-state index in [9.17, 15) is 4.79 Å². The number of carbonyl (C=O) groups is 1. The standard InChI is InChI=1S/C14H14BrNO2S/c1-18-12-5-3-2-4-10(12)6-8-16-14(17)13-11(15)7-9-19-13/h2-5,7,9H,6,8H2,1H3,(H,16,17). The summed E-state index contributed by atoms with van der Waals surface area (Å²) in [7, 11) is 1.65. The Hall–Kier alpha value is -1.33. The summed E-state index contributed by atoms with van der Waals surface area (Å²) in [5, 5.41) is 4.80. The molecule has 2 rings (SSSR count). The molecule has 1 aromatic heterocycles. The number of amides is 1. The van der Waals surface area contributed by atoms with Gasteiger partial charge < -0.3 is 10.1 Å². The van der Waals surface area contributed by atoms with Gasteiger partial charge in [-0.25, -0.2) is 0 Å². The molecule has 0 fully saturated rings. The molecule has 0 bridgehead atoms. The highest BCUT2D eigenvalue weighted by molar-refractivity contribution is 9.10. The summed E-state index contributed by atoms with van der Waals surface area (Å²) in [4.78, 5) is 12.6. The van der Waals surface area contributed by atoms with E-state index in [2.05, 4.69) is 21.2 Å². The van der Waals surface area contributed by atoms with E-state index in [0.717, 1.165) is 22.2 Å². The molecule has 0 aliphatic heterocycles. The molecule has 0 saturated heterocycles. The number of benzene rings is 1. The molecule has 0 atom stereocenters. The number of methoxy groups -OCH3 is 1. The summed E-state index contributed by atoms with van der Waals surface area (Å²) in [6, 6.07) is 9.71. The topological polar surface area (TPSA) is 38.3 Å². The van der Waals surface area contributed by atoms with Crippen molar-refractivity contribution in [1.29, 1.82) is 0 Å². The van der Waals surface area contributed by atoms with Gasteiger partial charge >= 0.3 is 0 Å². The normalized spacial score (nSPS) is 10.2. The van der Waals surface area contributed by atoms with Crippen LogP contribution >= 0.6 is 27.3 Å². The molecule has 1 heterocycles. The molecule has 2 aromatic rings. The van der Waals surface area contributed by atoms with Crippen molar-refractivity contribution in [3.8, 4) is 5.75 Å². The van der Waals surface area contributed by atoms with Gasteiger partial charge in [-0.3, -0.25) is 4.79 Å². The minimum atomic E-state index is -0.0447. The lowest BCUT2D eigenvalue weighted by Gasteiger charge is -2.08. The predicted octanol–water partition coefficient (Wildman–Crippen LogP) is 3.49. The Labute approximate surface area is 124 Å². The second-order valence-electron chi connectivity index (χ2n) is 3.92. The van der Waals surface area contributed by atoms with E-state index in [4.69, 9.17) is 4.74 Å². The lowest BCUT2D eigenvalue weighted by Crippen LogP contribution is -2.25. The molecule has 1 N–H and O–H groups in total. The third kappa shape index (κ3) is 3.58. The summed E-state index contributed by atoms with van der Waals surface area (Å²) in [5.74, 6) is 0.811. The minimum Gasteiger partial charge on any atom is -0.496 e. The maximum Gasteiger partial charge on any atom is 0.262 e. The molecular weight excluding hydrogens is 326 g/mol. The first-order valence-electron chi connectivity index (χ1n) is 5.85. The van der Waals surface area contributed by atoms with Crippen molar-refractivity contribution in [2.24, 2.45) is 0 Å². The van der Waals surface area contributed by atoms with Crippen LogP contribution in [0.1, 0.15) is 15.2 Å². The Morgan fingerprint density at radius 2 is 2.16 bits per heavy atom. The van der Waals surface area contributed by atoms with Crippen LogP contribution in [0, 0.1) is 0 Å². The van der Waals surface area contributed by atoms with Gasteiger partial charge in [0.1, 0.15) is 10.6 Å². The number of para-hydroxylation sites is 1. The van der Waals surface area contributed by atoms with Crippen molar-refractivity contribution in [1.82, 2.24) is 5.32 Å². The molecule has 0 aliphatic carbocycles. The van der Waals surface area contributed by atoms with Crippen LogP contribution in [0.4, 0.5) is 0 Å². The molecule has 0 radical (unpaired) electrons. The molecule has 3 nitrogen and oxygen atoms in total. The number of rotatable bonds is 5. The van der Waals surface area contributed by atoms with E-state index in [0.29, 0.717) is 11.4 Å². The van der Waals surface area contributed by atoms with Gasteiger partial charge in [-0.1, -0.05) is 18.2 Å². The van der Waals surface area contributed by atoms with Gasteiger partial charge in [0.25, 0.3) is 5.91 Å². The molecule has 19 heavy (non-hydrogen) atoms. The summed E-state index contributed by atoms with van der Waals surface area (Å²) in [6.07, 6.45) is 0.749. The number of hydrogen-bond donors (Lipinski definition) is 1. The van der Waals surface area contributed by atoms with Crippen molar-refractivity contribution in [3.05, 3.63) is 50.6 Å². The van der Waals surface area contributed by atoms with Crippen LogP contribution in [0.15, 0.2) is 40.2 Å². The molecule has 0 spiro atoms. The van der Waals surface area contributed by atoms with Gasteiger partial charge in [0.2, 0.25) is 0 Å². The van der Waals surface area contributed by atoms with E-state index < -0.39 is 0 Å². The van der Waals surface area contributed by atoms with Crippen LogP contribution in [-0.4, -0.2) is 19.6 Å². The fourth-order valence-corrected chi connectivity index (χ4v) is 3.22. The largest absolute Gasteiger partial charge is 0.496 e. The molecule has 1 aromatic carbocycles. The van der Waals surface area contributed by atoms with E-state index in [1.54, 1.807) is 7.11 Å². The van der Waals surface area contributed by atoms with Crippen LogP contribution in [0.2, 0.25) is 0 Å². The van der Waals surface area contributed by atoms with Crippen LogP contribution in [0.5, 0.6) is 5.75 Å². The van der Waals surface area contributed by atoms with Crippen molar-refractivity contribution in [3.63, 3.8) is 0 Å². The van der Waals surface area contributed by atoms with Crippen LogP contribution in [-0.2, 0) is 6.42 Å². The van der Waals surface area contributed by atoms with Crippen LogP contribution in [0.3, 0.4) is 0 Å². The molecular formula is C14H14BrNO2S. The second kappa shape index (κ2) is 6.73. The first-order chi connectivity index (χ1) is 9.22. The average Bonchev–Trinajstić information content (AvgIpc) is 2.85. The lowest BCUT2D eigenvalue weighted by atomic mass is 10.1.